The van der Waals surface area contributed by atoms with E-state index in [0.717, 1.165) is 36.9 Å². The molecule has 0 saturated heterocycles. The molecule has 20 heavy (non-hydrogen) atoms. The lowest BCUT2D eigenvalue weighted by atomic mass is 9.80. The summed E-state index contributed by atoms with van der Waals surface area (Å²) >= 11 is 0. The number of aldehydes is 1. The van der Waals surface area contributed by atoms with Crippen molar-refractivity contribution < 1.29 is 4.79 Å². The second-order valence-electron chi connectivity index (χ2n) is 6.83. The van der Waals surface area contributed by atoms with Crippen molar-refractivity contribution in [3.63, 3.8) is 0 Å². The Bertz CT molecular complexity index is 315. The van der Waals surface area contributed by atoms with Gasteiger partial charge in [-0.3, -0.25) is 0 Å². The Kier molecular flexibility index (Phi) is 6.56. The van der Waals surface area contributed by atoms with E-state index in [0.29, 0.717) is 5.92 Å². The predicted octanol–water partition coefficient (Wildman–Crippen LogP) is 5.32. The van der Waals surface area contributed by atoms with Crippen molar-refractivity contribution in [1.82, 2.24) is 0 Å². The van der Waals surface area contributed by atoms with Crippen LogP contribution in [0.2, 0.25) is 0 Å². The Hall–Kier alpha value is -0.850. The first kappa shape index (κ1) is 15.5. The van der Waals surface area contributed by atoms with E-state index in [1.54, 1.807) is 0 Å². The maximum Gasteiger partial charge on any atom is 0.123 e. The second-order valence-corrected chi connectivity index (χ2v) is 6.83. The zero-order valence-electron chi connectivity index (χ0n) is 12.8. The summed E-state index contributed by atoms with van der Waals surface area (Å²) in [7, 11) is 0. The molecule has 0 aromatic rings. The molecule has 0 atom stereocenters. The smallest absolute Gasteiger partial charge is 0.123 e. The number of rotatable bonds is 6. The lowest BCUT2D eigenvalue weighted by Gasteiger charge is -2.26. The van der Waals surface area contributed by atoms with Crippen LogP contribution in [0.1, 0.15) is 64.2 Å². The van der Waals surface area contributed by atoms with Gasteiger partial charge in [0.2, 0.25) is 0 Å². The van der Waals surface area contributed by atoms with E-state index < -0.39 is 0 Å². The molecule has 0 N–H and O–H groups in total. The van der Waals surface area contributed by atoms with E-state index in [1.807, 2.05) is 0 Å². The van der Waals surface area contributed by atoms with Crippen molar-refractivity contribution in [3.8, 4) is 0 Å². The third-order valence-corrected chi connectivity index (χ3v) is 5.38. The van der Waals surface area contributed by atoms with Crippen molar-refractivity contribution >= 4 is 6.29 Å². The Morgan fingerprint density at radius 2 is 1.45 bits per heavy atom. The first-order chi connectivity index (χ1) is 9.81. The Balaban J connectivity index is 1.58. The van der Waals surface area contributed by atoms with Gasteiger partial charge in [0.1, 0.15) is 6.29 Å². The standard InChI is InChI=1S/C19H30O/c1-2-16-7-9-17(10-8-16)5-3-4-6-18-11-13-19(15-20)14-12-18/h2,4,6,15-19H,1,3,5,7-14H2. The van der Waals surface area contributed by atoms with Crippen LogP contribution in [0.25, 0.3) is 0 Å². The zero-order valence-corrected chi connectivity index (χ0v) is 12.8. The molecule has 0 aromatic heterocycles. The average Bonchev–Trinajstić information content (AvgIpc) is 2.53. The van der Waals surface area contributed by atoms with Crippen LogP contribution in [-0.4, -0.2) is 6.29 Å². The maximum absolute atomic E-state index is 10.7. The van der Waals surface area contributed by atoms with Crippen LogP contribution in [0.4, 0.5) is 0 Å². The van der Waals surface area contributed by atoms with Gasteiger partial charge in [-0.1, -0.05) is 18.2 Å². The van der Waals surface area contributed by atoms with Gasteiger partial charge in [-0.05, 0) is 82.0 Å². The summed E-state index contributed by atoms with van der Waals surface area (Å²) < 4.78 is 0. The van der Waals surface area contributed by atoms with Gasteiger partial charge in [-0.25, -0.2) is 0 Å². The molecule has 2 fully saturated rings. The largest absolute Gasteiger partial charge is 0.303 e. The summed E-state index contributed by atoms with van der Waals surface area (Å²) in [6.07, 6.45) is 20.9. The van der Waals surface area contributed by atoms with Gasteiger partial charge >= 0.3 is 0 Å². The fraction of sp³-hybridized carbons (Fsp3) is 0.737. The number of hydrogen-bond donors (Lipinski definition) is 0. The Labute approximate surface area is 124 Å². The SMILES string of the molecule is C=CC1CCC(CCC=CC2CCC(C=O)CC2)CC1. The molecule has 0 heterocycles. The summed E-state index contributed by atoms with van der Waals surface area (Å²) in [5, 5.41) is 0. The molecule has 0 unspecified atom stereocenters. The van der Waals surface area contributed by atoms with Gasteiger partial charge in [0, 0.05) is 5.92 Å². The van der Waals surface area contributed by atoms with Crippen LogP contribution < -0.4 is 0 Å². The first-order valence-electron chi connectivity index (χ1n) is 8.56. The van der Waals surface area contributed by atoms with Crippen LogP contribution in [0.3, 0.4) is 0 Å². The van der Waals surface area contributed by atoms with Crippen LogP contribution in [0, 0.1) is 23.7 Å². The third kappa shape index (κ3) is 4.92. The van der Waals surface area contributed by atoms with Crippen molar-refractivity contribution in [2.75, 3.05) is 0 Å². The van der Waals surface area contributed by atoms with Crippen LogP contribution in [-0.2, 0) is 4.79 Å². The predicted molar refractivity (Wildman–Crippen MR) is 85.5 cm³/mol. The number of carbonyl (C=O) groups excluding carboxylic acids is 1. The van der Waals surface area contributed by atoms with Gasteiger partial charge < -0.3 is 4.79 Å². The fourth-order valence-electron chi connectivity index (χ4n) is 3.81. The number of allylic oxidation sites excluding steroid dienone is 3. The average molecular weight is 274 g/mol. The Morgan fingerprint density at radius 3 is 2.05 bits per heavy atom. The quantitative estimate of drug-likeness (QED) is 0.473. The molecule has 1 heteroatoms. The molecule has 0 spiro atoms. The number of hydrogen-bond acceptors (Lipinski definition) is 1. The molecule has 2 aliphatic carbocycles. The summed E-state index contributed by atoms with van der Waals surface area (Å²) in [6.45, 7) is 3.92. The van der Waals surface area contributed by atoms with Gasteiger partial charge in [0.05, 0.1) is 0 Å². The molecule has 0 aliphatic heterocycles. The highest BCUT2D eigenvalue weighted by Crippen LogP contribution is 2.32. The number of carbonyl (C=O) groups is 1. The molecule has 0 radical (unpaired) electrons. The van der Waals surface area contributed by atoms with E-state index >= 15 is 0 Å². The third-order valence-electron chi connectivity index (χ3n) is 5.38. The summed E-state index contributed by atoms with van der Waals surface area (Å²) in [6, 6.07) is 0. The lowest BCUT2D eigenvalue weighted by molar-refractivity contribution is -0.112. The molecular weight excluding hydrogens is 244 g/mol. The van der Waals surface area contributed by atoms with E-state index in [1.165, 1.54) is 51.4 Å². The van der Waals surface area contributed by atoms with Crippen molar-refractivity contribution in [1.29, 1.82) is 0 Å². The summed E-state index contributed by atoms with van der Waals surface area (Å²) in [4.78, 5) is 10.7. The zero-order chi connectivity index (χ0) is 14.2. The van der Waals surface area contributed by atoms with Crippen LogP contribution in [0.5, 0.6) is 0 Å². The molecule has 1 nitrogen and oxygen atoms in total. The van der Waals surface area contributed by atoms with E-state index in [9.17, 15) is 4.79 Å². The van der Waals surface area contributed by atoms with Crippen molar-refractivity contribution in [2.45, 2.75) is 64.2 Å². The van der Waals surface area contributed by atoms with Crippen molar-refractivity contribution in [2.24, 2.45) is 23.7 Å². The fourth-order valence-corrected chi connectivity index (χ4v) is 3.81. The van der Waals surface area contributed by atoms with Gasteiger partial charge in [-0.2, -0.15) is 0 Å². The molecule has 112 valence electrons. The first-order valence-corrected chi connectivity index (χ1v) is 8.56. The molecular formula is C19H30O. The van der Waals surface area contributed by atoms with Gasteiger partial charge in [0.25, 0.3) is 0 Å². The molecule has 2 rings (SSSR count). The topological polar surface area (TPSA) is 17.1 Å². The highest BCUT2D eigenvalue weighted by Gasteiger charge is 2.19. The van der Waals surface area contributed by atoms with E-state index in [2.05, 4.69) is 24.8 Å². The van der Waals surface area contributed by atoms with E-state index in [-0.39, 0.29) is 0 Å². The molecule has 0 amide bonds. The molecule has 0 bridgehead atoms. The second kappa shape index (κ2) is 8.44. The van der Waals surface area contributed by atoms with Crippen LogP contribution >= 0.6 is 0 Å². The van der Waals surface area contributed by atoms with Gasteiger partial charge in [-0.15, -0.1) is 6.58 Å². The highest BCUT2D eigenvalue weighted by atomic mass is 16.1. The Morgan fingerprint density at radius 1 is 0.850 bits per heavy atom. The summed E-state index contributed by atoms with van der Waals surface area (Å²) in [5.74, 6) is 2.82. The molecule has 0 aromatic carbocycles. The minimum absolute atomic E-state index is 0.347. The van der Waals surface area contributed by atoms with Crippen LogP contribution in [0.15, 0.2) is 24.8 Å². The molecule has 2 saturated carbocycles. The molecule has 2 aliphatic rings. The minimum Gasteiger partial charge on any atom is -0.303 e. The highest BCUT2D eigenvalue weighted by molar-refractivity contribution is 5.53. The van der Waals surface area contributed by atoms with Gasteiger partial charge in [0.15, 0.2) is 0 Å². The summed E-state index contributed by atoms with van der Waals surface area (Å²) in [5.41, 5.74) is 0. The monoisotopic (exact) mass is 274 g/mol. The maximum atomic E-state index is 10.7. The minimum atomic E-state index is 0.347. The lowest BCUT2D eigenvalue weighted by Crippen LogP contribution is -2.14. The van der Waals surface area contributed by atoms with Crippen molar-refractivity contribution in [3.05, 3.63) is 24.8 Å². The normalized spacial score (nSPS) is 35.0. The van der Waals surface area contributed by atoms with E-state index in [4.69, 9.17) is 0 Å².